The number of rotatable bonds is 2. The van der Waals surface area contributed by atoms with Crippen molar-refractivity contribution < 1.29 is 9.59 Å². The second kappa shape index (κ2) is 5.27. The molecule has 2 heterocycles. The van der Waals surface area contributed by atoms with Gasteiger partial charge in [0.05, 0.1) is 11.6 Å². The Morgan fingerprint density at radius 3 is 2.72 bits per heavy atom. The molecule has 1 aromatic heterocycles. The molecular weight excluding hydrogens is 232 g/mol. The second-order valence-corrected chi connectivity index (χ2v) is 3.98. The molecule has 0 bridgehead atoms. The third kappa shape index (κ3) is 2.46. The maximum Gasteiger partial charge on any atom is 0.272 e. The van der Waals surface area contributed by atoms with Crippen LogP contribution in [0.4, 0.5) is 0 Å². The Bertz CT molecular complexity index is 501. The molecule has 1 aromatic rings. The van der Waals surface area contributed by atoms with E-state index in [0.717, 1.165) is 6.41 Å². The zero-order valence-corrected chi connectivity index (χ0v) is 9.74. The minimum Gasteiger partial charge on any atom is -0.342 e. The number of carbonyl (C=O) groups is 2. The van der Waals surface area contributed by atoms with Crippen LogP contribution >= 0.6 is 0 Å². The van der Waals surface area contributed by atoms with Crippen molar-refractivity contribution in [3.8, 4) is 6.07 Å². The van der Waals surface area contributed by atoms with Gasteiger partial charge in [-0.2, -0.15) is 5.26 Å². The van der Waals surface area contributed by atoms with Crippen LogP contribution in [0.2, 0.25) is 0 Å². The van der Waals surface area contributed by atoms with Crippen LogP contribution in [-0.2, 0) is 4.79 Å². The predicted molar refractivity (Wildman–Crippen MR) is 62.5 cm³/mol. The van der Waals surface area contributed by atoms with E-state index in [4.69, 9.17) is 5.26 Å². The molecule has 2 amide bonds. The van der Waals surface area contributed by atoms with E-state index in [-0.39, 0.29) is 11.6 Å². The number of hydrogen-bond donors (Lipinski definition) is 0. The molecule has 6 heteroatoms. The van der Waals surface area contributed by atoms with E-state index in [1.807, 2.05) is 6.07 Å². The highest BCUT2D eigenvalue weighted by Gasteiger charge is 2.22. The first-order chi connectivity index (χ1) is 8.74. The van der Waals surface area contributed by atoms with E-state index in [1.54, 1.807) is 15.9 Å². The number of pyridine rings is 1. The summed E-state index contributed by atoms with van der Waals surface area (Å²) in [5, 5.41) is 8.77. The van der Waals surface area contributed by atoms with Crippen LogP contribution in [0.15, 0.2) is 18.3 Å². The summed E-state index contributed by atoms with van der Waals surface area (Å²) < 4.78 is 0. The summed E-state index contributed by atoms with van der Waals surface area (Å²) in [7, 11) is 0. The van der Waals surface area contributed by atoms with E-state index in [9.17, 15) is 9.59 Å². The van der Waals surface area contributed by atoms with Gasteiger partial charge in [-0.05, 0) is 12.1 Å². The molecule has 92 valence electrons. The average Bonchev–Trinajstić information content (AvgIpc) is 2.46. The molecule has 0 radical (unpaired) electrons. The monoisotopic (exact) mass is 244 g/mol. The van der Waals surface area contributed by atoms with Crippen LogP contribution in [0.5, 0.6) is 0 Å². The highest BCUT2D eigenvalue weighted by Crippen LogP contribution is 2.07. The van der Waals surface area contributed by atoms with Gasteiger partial charge in [0.15, 0.2) is 0 Å². The van der Waals surface area contributed by atoms with Crippen molar-refractivity contribution in [1.29, 1.82) is 5.26 Å². The first kappa shape index (κ1) is 12.0. The standard InChI is InChI=1S/C12H12N4O2/c13-8-10-1-2-14-11(7-10)12(18)16-5-3-15(9-17)4-6-16/h1-2,7,9H,3-6H2. The topological polar surface area (TPSA) is 77.3 Å². The zero-order valence-electron chi connectivity index (χ0n) is 9.74. The molecule has 1 fully saturated rings. The first-order valence-corrected chi connectivity index (χ1v) is 5.59. The maximum atomic E-state index is 12.1. The fraction of sp³-hybridized carbons (Fsp3) is 0.333. The van der Waals surface area contributed by atoms with Gasteiger partial charge >= 0.3 is 0 Å². The van der Waals surface area contributed by atoms with Crippen molar-refractivity contribution in [2.75, 3.05) is 26.2 Å². The Morgan fingerprint density at radius 1 is 1.39 bits per heavy atom. The summed E-state index contributed by atoms with van der Waals surface area (Å²) in [5.74, 6) is -0.197. The number of carbonyl (C=O) groups excluding carboxylic acids is 2. The van der Waals surface area contributed by atoms with Gasteiger partial charge < -0.3 is 9.80 Å². The smallest absolute Gasteiger partial charge is 0.272 e. The fourth-order valence-corrected chi connectivity index (χ4v) is 1.81. The summed E-state index contributed by atoms with van der Waals surface area (Å²) in [6, 6.07) is 5.01. The second-order valence-electron chi connectivity index (χ2n) is 3.98. The lowest BCUT2D eigenvalue weighted by Crippen LogP contribution is -2.48. The number of hydrogen-bond acceptors (Lipinski definition) is 4. The highest BCUT2D eigenvalue weighted by molar-refractivity contribution is 5.92. The quantitative estimate of drug-likeness (QED) is 0.679. The molecule has 0 aromatic carbocycles. The van der Waals surface area contributed by atoms with Crippen LogP contribution in [0.3, 0.4) is 0 Å². The van der Waals surface area contributed by atoms with Gasteiger partial charge in [-0.3, -0.25) is 14.6 Å². The third-order valence-electron chi connectivity index (χ3n) is 2.86. The SMILES string of the molecule is N#Cc1ccnc(C(=O)N2CCN(C=O)CC2)c1. The highest BCUT2D eigenvalue weighted by atomic mass is 16.2. The Hall–Kier alpha value is -2.42. The van der Waals surface area contributed by atoms with Gasteiger partial charge in [-0.1, -0.05) is 0 Å². The van der Waals surface area contributed by atoms with Crippen molar-refractivity contribution in [3.63, 3.8) is 0 Å². The lowest BCUT2D eigenvalue weighted by Gasteiger charge is -2.32. The van der Waals surface area contributed by atoms with Gasteiger partial charge in [-0.15, -0.1) is 0 Å². The molecule has 0 spiro atoms. The molecule has 1 aliphatic heterocycles. The predicted octanol–water partition coefficient (Wildman–Crippen LogP) is -0.133. The number of amides is 2. The molecule has 18 heavy (non-hydrogen) atoms. The summed E-state index contributed by atoms with van der Waals surface area (Å²) in [4.78, 5) is 29.9. The van der Waals surface area contributed by atoms with Crippen molar-refractivity contribution >= 4 is 12.3 Å². The van der Waals surface area contributed by atoms with E-state index in [1.165, 1.54) is 12.3 Å². The minimum atomic E-state index is -0.197. The van der Waals surface area contributed by atoms with Crippen molar-refractivity contribution in [3.05, 3.63) is 29.6 Å². The van der Waals surface area contributed by atoms with Gasteiger partial charge in [0, 0.05) is 32.4 Å². The minimum absolute atomic E-state index is 0.197. The van der Waals surface area contributed by atoms with Gasteiger partial charge in [0.1, 0.15) is 5.69 Å². The normalized spacial score (nSPS) is 15.1. The van der Waals surface area contributed by atoms with Crippen LogP contribution in [-0.4, -0.2) is 53.3 Å². The van der Waals surface area contributed by atoms with E-state index >= 15 is 0 Å². The van der Waals surface area contributed by atoms with Crippen molar-refractivity contribution in [2.45, 2.75) is 0 Å². The van der Waals surface area contributed by atoms with Crippen LogP contribution < -0.4 is 0 Å². The van der Waals surface area contributed by atoms with E-state index in [2.05, 4.69) is 4.98 Å². The molecule has 1 saturated heterocycles. The molecule has 0 saturated carbocycles. The maximum absolute atomic E-state index is 12.1. The molecule has 2 rings (SSSR count). The first-order valence-electron chi connectivity index (χ1n) is 5.59. The Balaban J connectivity index is 2.08. The molecular formula is C12H12N4O2. The Morgan fingerprint density at radius 2 is 2.11 bits per heavy atom. The summed E-state index contributed by atoms with van der Waals surface area (Å²) in [5.41, 5.74) is 0.688. The largest absolute Gasteiger partial charge is 0.342 e. The average molecular weight is 244 g/mol. The van der Waals surface area contributed by atoms with Crippen LogP contribution in [0, 0.1) is 11.3 Å². The van der Waals surface area contributed by atoms with E-state index in [0.29, 0.717) is 31.7 Å². The van der Waals surface area contributed by atoms with E-state index < -0.39 is 0 Å². The molecule has 1 aliphatic rings. The third-order valence-corrected chi connectivity index (χ3v) is 2.86. The summed E-state index contributed by atoms with van der Waals surface area (Å²) in [6.07, 6.45) is 2.24. The van der Waals surface area contributed by atoms with Gasteiger partial charge in [0.25, 0.3) is 5.91 Å². The molecule has 0 aliphatic carbocycles. The zero-order chi connectivity index (χ0) is 13.0. The molecule has 0 atom stereocenters. The molecule has 6 nitrogen and oxygen atoms in total. The van der Waals surface area contributed by atoms with Crippen molar-refractivity contribution in [1.82, 2.24) is 14.8 Å². The van der Waals surface area contributed by atoms with Gasteiger partial charge in [0.2, 0.25) is 6.41 Å². The van der Waals surface area contributed by atoms with Gasteiger partial charge in [-0.25, -0.2) is 0 Å². The number of aromatic nitrogens is 1. The van der Waals surface area contributed by atoms with Crippen LogP contribution in [0.1, 0.15) is 16.1 Å². The lowest BCUT2D eigenvalue weighted by molar-refractivity contribution is -0.119. The van der Waals surface area contributed by atoms with Crippen LogP contribution in [0.25, 0.3) is 0 Å². The fourth-order valence-electron chi connectivity index (χ4n) is 1.81. The Kier molecular flexibility index (Phi) is 3.53. The summed E-state index contributed by atoms with van der Waals surface area (Å²) in [6.45, 7) is 2.06. The molecule has 0 unspecified atom stereocenters. The summed E-state index contributed by atoms with van der Waals surface area (Å²) >= 11 is 0. The number of nitriles is 1. The van der Waals surface area contributed by atoms with Crippen molar-refractivity contribution in [2.24, 2.45) is 0 Å². The number of nitrogens with zero attached hydrogens (tertiary/aromatic N) is 4. The molecule has 0 N–H and O–H groups in total. The lowest BCUT2D eigenvalue weighted by atomic mass is 10.2. The number of piperazine rings is 1. The Labute approximate surface area is 104 Å².